The Morgan fingerprint density at radius 3 is 2.85 bits per heavy atom. The van der Waals surface area contributed by atoms with Gasteiger partial charge in [-0.3, -0.25) is 0 Å². The number of aromatic nitrogens is 1. The Labute approximate surface area is 125 Å². The fourth-order valence-corrected chi connectivity index (χ4v) is 5.40. The topological polar surface area (TPSA) is 59.5 Å². The minimum atomic E-state index is -3.35. The van der Waals surface area contributed by atoms with Gasteiger partial charge in [-0.15, -0.1) is 11.3 Å². The van der Waals surface area contributed by atoms with E-state index in [1.54, 1.807) is 12.3 Å². The maximum absolute atomic E-state index is 12.4. The molecule has 0 amide bonds. The smallest absolute Gasteiger partial charge is 0.273 e. The van der Waals surface area contributed by atoms with Crippen molar-refractivity contribution in [3.63, 3.8) is 0 Å². The van der Waals surface area contributed by atoms with Crippen LogP contribution in [0.3, 0.4) is 0 Å². The van der Waals surface area contributed by atoms with Crippen molar-refractivity contribution in [3.8, 4) is 5.19 Å². The standard InChI is InChI=1S/C12H14N2O3S3/c1-2-10-3-4-11(19-10)20(15,16)14-7-9(8-14)17-12-13-5-6-18-12/h3-6,9H,2,7-8H2,1H3. The first-order valence-electron chi connectivity index (χ1n) is 6.24. The van der Waals surface area contributed by atoms with Gasteiger partial charge in [0.05, 0.1) is 13.1 Å². The van der Waals surface area contributed by atoms with Crippen molar-refractivity contribution in [2.45, 2.75) is 23.7 Å². The predicted octanol–water partition coefficient (Wildman–Crippen LogP) is 2.22. The molecule has 108 valence electrons. The molecule has 0 aliphatic carbocycles. The third kappa shape index (κ3) is 2.60. The van der Waals surface area contributed by atoms with E-state index in [0.29, 0.717) is 22.5 Å². The Hall–Kier alpha value is -0.960. The van der Waals surface area contributed by atoms with Gasteiger partial charge in [-0.25, -0.2) is 13.4 Å². The minimum Gasteiger partial charge on any atom is -0.464 e. The van der Waals surface area contributed by atoms with E-state index in [1.807, 2.05) is 18.4 Å². The van der Waals surface area contributed by atoms with Crippen molar-refractivity contribution in [1.29, 1.82) is 0 Å². The Morgan fingerprint density at radius 2 is 2.25 bits per heavy atom. The molecule has 0 bridgehead atoms. The molecule has 3 heterocycles. The zero-order chi connectivity index (χ0) is 14.2. The first-order chi connectivity index (χ1) is 9.59. The molecule has 1 saturated heterocycles. The van der Waals surface area contributed by atoms with Crippen molar-refractivity contribution >= 4 is 32.7 Å². The molecule has 0 atom stereocenters. The fourth-order valence-electron chi connectivity index (χ4n) is 1.90. The number of rotatable bonds is 5. The lowest BCUT2D eigenvalue weighted by Gasteiger charge is -2.36. The Kier molecular flexibility index (Phi) is 3.80. The minimum absolute atomic E-state index is 0.0958. The normalized spacial score (nSPS) is 17.1. The molecule has 1 aliphatic heterocycles. The highest BCUT2D eigenvalue weighted by molar-refractivity contribution is 7.91. The molecule has 0 saturated carbocycles. The summed E-state index contributed by atoms with van der Waals surface area (Å²) in [5.41, 5.74) is 0. The highest BCUT2D eigenvalue weighted by Crippen LogP contribution is 2.29. The summed E-state index contributed by atoms with van der Waals surface area (Å²) in [7, 11) is -3.35. The average Bonchev–Trinajstić information content (AvgIpc) is 3.04. The van der Waals surface area contributed by atoms with Crippen molar-refractivity contribution in [2.24, 2.45) is 0 Å². The van der Waals surface area contributed by atoms with E-state index in [1.165, 1.54) is 27.0 Å². The summed E-state index contributed by atoms with van der Waals surface area (Å²) >= 11 is 2.76. The molecule has 2 aromatic heterocycles. The Balaban J connectivity index is 1.63. The molecule has 1 fully saturated rings. The summed E-state index contributed by atoms with van der Waals surface area (Å²) in [4.78, 5) is 5.11. The van der Waals surface area contributed by atoms with Crippen LogP contribution in [-0.2, 0) is 16.4 Å². The van der Waals surface area contributed by atoms with E-state index in [4.69, 9.17) is 4.74 Å². The molecule has 2 aromatic rings. The molecule has 1 aliphatic rings. The third-order valence-corrected chi connectivity index (χ3v) is 7.26. The lowest BCUT2D eigenvalue weighted by Crippen LogP contribution is -2.55. The Bertz CT molecular complexity index is 673. The lowest BCUT2D eigenvalue weighted by atomic mass is 10.2. The van der Waals surface area contributed by atoms with E-state index in [2.05, 4.69) is 4.98 Å². The molecule has 20 heavy (non-hydrogen) atoms. The summed E-state index contributed by atoms with van der Waals surface area (Å²) in [5.74, 6) is 0. The van der Waals surface area contributed by atoms with E-state index in [-0.39, 0.29) is 6.10 Å². The van der Waals surface area contributed by atoms with Crippen molar-refractivity contribution < 1.29 is 13.2 Å². The van der Waals surface area contributed by atoms with E-state index >= 15 is 0 Å². The largest absolute Gasteiger partial charge is 0.464 e. The zero-order valence-corrected chi connectivity index (χ0v) is 13.3. The van der Waals surface area contributed by atoms with E-state index in [0.717, 1.165) is 11.3 Å². The van der Waals surface area contributed by atoms with Gasteiger partial charge in [0.2, 0.25) is 0 Å². The van der Waals surface area contributed by atoms with Gasteiger partial charge < -0.3 is 4.74 Å². The molecular weight excluding hydrogens is 316 g/mol. The molecule has 8 heteroatoms. The van der Waals surface area contributed by atoms with Gasteiger partial charge in [0, 0.05) is 16.5 Å². The van der Waals surface area contributed by atoms with E-state index in [9.17, 15) is 8.42 Å². The summed E-state index contributed by atoms with van der Waals surface area (Å²) in [6.07, 6.45) is 2.43. The quantitative estimate of drug-likeness (QED) is 0.843. The highest BCUT2D eigenvalue weighted by Gasteiger charge is 2.39. The molecule has 0 radical (unpaired) electrons. The number of thiophene rings is 1. The van der Waals surface area contributed by atoms with Crippen LogP contribution in [0.5, 0.6) is 5.19 Å². The van der Waals surface area contributed by atoms with Crippen LogP contribution in [0.15, 0.2) is 27.9 Å². The second-order valence-corrected chi connectivity index (χ2v) is 8.62. The highest BCUT2D eigenvalue weighted by atomic mass is 32.2. The number of sulfonamides is 1. The monoisotopic (exact) mass is 330 g/mol. The van der Waals surface area contributed by atoms with Crippen LogP contribution < -0.4 is 4.74 Å². The first kappa shape index (κ1) is 14.0. The lowest BCUT2D eigenvalue weighted by molar-refractivity contribution is 0.0761. The summed E-state index contributed by atoms with van der Waals surface area (Å²) < 4.78 is 32.2. The van der Waals surface area contributed by atoms with Crippen LogP contribution in [0.25, 0.3) is 0 Å². The van der Waals surface area contributed by atoms with Crippen molar-refractivity contribution in [3.05, 3.63) is 28.6 Å². The van der Waals surface area contributed by atoms with Gasteiger partial charge in [-0.1, -0.05) is 18.3 Å². The molecule has 3 rings (SSSR count). The fraction of sp³-hybridized carbons (Fsp3) is 0.417. The summed E-state index contributed by atoms with van der Waals surface area (Å²) in [6.45, 7) is 2.80. The Morgan fingerprint density at radius 1 is 1.45 bits per heavy atom. The SMILES string of the molecule is CCc1ccc(S(=O)(=O)N2CC(Oc3nccs3)C2)s1. The third-order valence-electron chi connectivity index (χ3n) is 3.07. The van der Waals surface area contributed by atoms with Gasteiger partial charge in [0.25, 0.3) is 15.2 Å². The number of thiazole rings is 1. The molecule has 5 nitrogen and oxygen atoms in total. The van der Waals surface area contributed by atoms with Gasteiger partial charge in [0.1, 0.15) is 10.3 Å². The van der Waals surface area contributed by atoms with Gasteiger partial charge in [-0.2, -0.15) is 4.31 Å². The number of nitrogens with zero attached hydrogens (tertiary/aromatic N) is 2. The molecule has 0 spiro atoms. The van der Waals surface area contributed by atoms with Crippen LogP contribution >= 0.6 is 22.7 Å². The second-order valence-electron chi connectivity index (χ2n) is 4.43. The van der Waals surface area contributed by atoms with Crippen LogP contribution in [0.2, 0.25) is 0 Å². The maximum Gasteiger partial charge on any atom is 0.273 e. The number of ether oxygens (including phenoxy) is 1. The second kappa shape index (κ2) is 5.44. The number of hydrogen-bond donors (Lipinski definition) is 0. The van der Waals surface area contributed by atoms with Crippen LogP contribution in [0.1, 0.15) is 11.8 Å². The zero-order valence-electron chi connectivity index (χ0n) is 10.9. The number of aryl methyl sites for hydroxylation is 1. The van der Waals surface area contributed by atoms with Crippen LogP contribution in [-0.4, -0.2) is 36.9 Å². The summed E-state index contributed by atoms with van der Waals surface area (Å²) in [6, 6.07) is 3.56. The predicted molar refractivity (Wildman–Crippen MR) is 79.0 cm³/mol. The average molecular weight is 330 g/mol. The van der Waals surface area contributed by atoms with Crippen molar-refractivity contribution in [2.75, 3.05) is 13.1 Å². The first-order valence-corrected chi connectivity index (χ1v) is 9.38. The maximum atomic E-state index is 12.4. The summed E-state index contributed by atoms with van der Waals surface area (Å²) in [5, 5.41) is 2.43. The van der Waals surface area contributed by atoms with Gasteiger partial charge >= 0.3 is 0 Å². The van der Waals surface area contributed by atoms with Gasteiger partial charge in [-0.05, 0) is 18.6 Å². The molecule has 0 N–H and O–H groups in total. The molecule has 0 aromatic carbocycles. The van der Waals surface area contributed by atoms with Gasteiger partial charge in [0.15, 0.2) is 0 Å². The molecular formula is C12H14N2O3S3. The number of hydrogen-bond acceptors (Lipinski definition) is 6. The van der Waals surface area contributed by atoms with E-state index < -0.39 is 10.0 Å². The van der Waals surface area contributed by atoms with Crippen LogP contribution in [0.4, 0.5) is 0 Å². The van der Waals surface area contributed by atoms with Crippen molar-refractivity contribution in [1.82, 2.24) is 9.29 Å². The molecule has 0 unspecified atom stereocenters. The van der Waals surface area contributed by atoms with Crippen LogP contribution in [0, 0.1) is 0 Å².